The van der Waals surface area contributed by atoms with E-state index in [1.165, 1.54) is 23.1 Å². The van der Waals surface area contributed by atoms with Crippen molar-refractivity contribution in [2.75, 3.05) is 19.7 Å². The zero-order chi connectivity index (χ0) is 24.9. The number of hydrogen-bond acceptors (Lipinski definition) is 6. The number of esters is 1. The Morgan fingerprint density at radius 3 is 2.60 bits per heavy atom. The third kappa shape index (κ3) is 5.21. The van der Waals surface area contributed by atoms with Crippen LogP contribution in [0, 0.1) is 11.7 Å². The molecule has 0 spiro atoms. The average Bonchev–Trinajstić information content (AvgIpc) is 2.87. The smallest absolute Gasteiger partial charge is 0.352 e. The van der Waals surface area contributed by atoms with Gasteiger partial charge in [-0.25, -0.2) is 9.18 Å². The van der Waals surface area contributed by atoms with Gasteiger partial charge in [-0.15, -0.1) is 0 Å². The van der Waals surface area contributed by atoms with E-state index in [4.69, 9.17) is 4.74 Å². The Bertz CT molecular complexity index is 1350. The highest BCUT2D eigenvalue weighted by Gasteiger charge is 2.32. The molecule has 9 nitrogen and oxygen atoms in total. The number of carbonyl (C=O) groups excluding carboxylic acids is 2. The summed E-state index contributed by atoms with van der Waals surface area (Å²) in [4.78, 5) is 53.6. The Balaban J connectivity index is 1.77. The minimum Gasteiger partial charge on any atom is -0.466 e. The summed E-state index contributed by atoms with van der Waals surface area (Å²) in [6.07, 6.45) is 1.13. The van der Waals surface area contributed by atoms with Crippen molar-refractivity contribution in [1.82, 2.24) is 19.2 Å². The van der Waals surface area contributed by atoms with E-state index in [-0.39, 0.29) is 19.7 Å². The lowest BCUT2D eigenvalue weighted by Gasteiger charge is -2.31. The highest BCUT2D eigenvalue weighted by atomic mass is 19.1. The molecule has 1 fully saturated rings. The van der Waals surface area contributed by atoms with Crippen molar-refractivity contribution in [2.45, 2.75) is 26.3 Å². The maximum atomic E-state index is 13.7. The summed E-state index contributed by atoms with van der Waals surface area (Å²) in [7, 11) is 0. The monoisotopic (exact) mass is 480 g/mol. The van der Waals surface area contributed by atoms with E-state index in [2.05, 4.69) is 5.10 Å². The molecule has 0 radical (unpaired) electrons. The van der Waals surface area contributed by atoms with Crippen LogP contribution in [0.1, 0.15) is 35.8 Å². The molecule has 182 valence electrons. The molecule has 1 aliphatic heterocycles. The van der Waals surface area contributed by atoms with Crippen LogP contribution in [0.4, 0.5) is 4.39 Å². The Morgan fingerprint density at radius 2 is 1.89 bits per heavy atom. The first kappa shape index (κ1) is 24.1. The normalized spacial score (nSPS) is 15.6. The summed E-state index contributed by atoms with van der Waals surface area (Å²) in [6.45, 7) is 2.13. The fourth-order valence-electron chi connectivity index (χ4n) is 4.11. The first-order valence-electron chi connectivity index (χ1n) is 11.4. The first-order chi connectivity index (χ1) is 16.9. The second kappa shape index (κ2) is 10.5. The molecule has 1 aromatic heterocycles. The molecule has 0 saturated carbocycles. The number of rotatable bonds is 6. The van der Waals surface area contributed by atoms with Crippen molar-refractivity contribution in [3.63, 3.8) is 0 Å². The molecule has 0 unspecified atom stereocenters. The van der Waals surface area contributed by atoms with Crippen molar-refractivity contribution in [3.05, 3.63) is 92.5 Å². The Kier molecular flexibility index (Phi) is 7.19. The molecule has 1 amide bonds. The number of halogens is 1. The molecule has 35 heavy (non-hydrogen) atoms. The molecule has 3 aromatic rings. The zero-order valence-corrected chi connectivity index (χ0v) is 19.2. The Morgan fingerprint density at radius 1 is 1.11 bits per heavy atom. The second-order valence-corrected chi connectivity index (χ2v) is 8.24. The van der Waals surface area contributed by atoms with Gasteiger partial charge in [0.25, 0.3) is 11.5 Å². The highest BCUT2D eigenvalue weighted by molar-refractivity contribution is 5.92. The Labute approximate surface area is 200 Å². The minimum atomic E-state index is -0.880. The van der Waals surface area contributed by atoms with Gasteiger partial charge in [0, 0.05) is 13.1 Å². The first-order valence-corrected chi connectivity index (χ1v) is 11.4. The molecule has 2 heterocycles. The molecule has 0 aliphatic carbocycles. The lowest BCUT2D eigenvalue weighted by atomic mass is 9.98. The van der Waals surface area contributed by atoms with Gasteiger partial charge in [0.15, 0.2) is 0 Å². The second-order valence-electron chi connectivity index (χ2n) is 8.24. The van der Waals surface area contributed by atoms with E-state index in [1.54, 1.807) is 43.3 Å². The van der Waals surface area contributed by atoms with E-state index in [0.29, 0.717) is 30.6 Å². The van der Waals surface area contributed by atoms with Crippen LogP contribution in [0.3, 0.4) is 0 Å². The number of benzene rings is 2. The topological polar surface area (TPSA) is 104 Å². The van der Waals surface area contributed by atoms with Crippen molar-refractivity contribution >= 4 is 11.9 Å². The standard InChI is InChI=1S/C25H25FN4O5/c1-2-35-24(33)18-9-7-13-28(16-18)22(31)21-23(32)29(15-17-8-6-10-19(26)14-17)25(34)30(27-21)20-11-4-3-5-12-20/h3-6,8,10-12,14,18H,2,7,9,13,15-16H2,1H3/t18-/m1/s1. The number of para-hydroxylation sites is 1. The number of piperidine rings is 1. The minimum absolute atomic E-state index is 0.0904. The number of nitrogens with zero attached hydrogens (tertiary/aromatic N) is 4. The van der Waals surface area contributed by atoms with Gasteiger partial charge in [-0.3, -0.25) is 19.0 Å². The van der Waals surface area contributed by atoms with Gasteiger partial charge < -0.3 is 9.64 Å². The summed E-state index contributed by atoms with van der Waals surface area (Å²) in [5, 5.41) is 4.13. The number of aromatic nitrogens is 3. The molecular weight excluding hydrogens is 455 g/mol. The molecule has 10 heteroatoms. The van der Waals surface area contributed by atoms with Crippen LogP contribution in [0.5, 0.6) is 0 Å². The SMILES string of the molecule is CCOC(=O)[C@@H]1CCCN(C(=O)c2nn(-c3ccccc3)c(=O)n(Cc3cccc(F)c3)c2=O)C1. The van der Waals surface area contributed by atoms with E-state index in [9.17, 15) is 23.6 Å². The van der Waals surface area contributed by atoms with Crippen LogP contribution < -0.4 is 11.2 Å². The molecule has 1 atom stereocenters. The van der Waals surface area contributed by atoms with Crippen molar-refractivity contribution in [1.29, 1.82) is 0 Å². The molecule has 0 bridgehead atoms. The number of likely N-dealkylation sites (tertiary alicyclic amines) is 1. The van der Waals surface area contributed by atoms with Crippen LogP contribution in [-0.4, -0.2) is 50.8 Å². The largest absolute Gasteiger partial charge is 0.466 e. The van der Waals surface area contributed by atoms with Crippen molar-refractivity contribution < 1.29 is 18.7 Å². The quantitative estimate of drug-likeness (QED) is 0.500. The molecule has 0 N–H and O–H groups in total. The van der Waals surface area contributed by atoms with Crippen molar-refractivity contribution in [2.24, 2.45) is 5.92 Å². The fraction of sp³-hybridized carbons (Fsp3) is 0.320. The van der Waals surface area contributed by atoms with Gasteiger partial charge in [0.05, 0.1) is 24.8 Å². The van der Waals surface area contributed by atoms with Gasteiger partial charge in [0.1, 0.15) is 5.82 Å². The van der Waals surface area contributed by atoms with E-state index >= 15 is 0 Å². The summed E-state index contributed by atoms with van der Waals surface area (Å²) < 4.78 is 20.7. The van der Waals surface area contributed by atoms with E-state index in [0.717, 1.165) is 9.25 Å². The zero-order valence-electron chi connectivity index (χ0n) is 19.2. The summed E-state index contributed by atoms with van der Waals surface area (Å²) in [5.74, 6) is -2.08. The van der Waals surface area contributed by atoms with Crippen molar-refractivity contribution in [3.8, 4) is 5.69 Å². The van der Waals surface area contributed by atoms with Crippen LogP contribution in [0.2, 0.25) is 0 Å². The van der Waals surface area contributed by atoms with Crippen LogP contribution in [0.25, 0.3) is 5.69 Å². The summed E-state index contributed by atoms with van der Waals surface area (Å²) in [5.41, 5.74) is -1.34. The molecular formula is C25H25FN4O5. The molecule has 1 saturated heterocycles. The lowest BCUT2D eigenvalue weighted by molar-refractivity contribution is -0.149. The van der Waals surface area contributed by atoms with Gasteiger partial charge in [0.2, 0.25) is 5.69 Å². The number of amides is 1. The lowest BCUT2D eigenvalue weighted by Crippen LogP contribution is -2.49. The van der Waals surface area contributed by atoms with Crippen LogP contribution in [0.15, 0.2) is 64.2 Å². The third-order valence-electron chi connectivity index (χ3n) is 5.82. The maximum absolute atomic E-state index is 13.7. The predicted octanol–water partition coefficient (Wildman–Crippen LogP) is 2.00. The molecule has 4 rings (SSSR count). The van der Waals surface area contributed by atoms with E-state index in [1.807, 2.05) is 0 Å². The van der Waals surface area contributed by atoms with Gasteiger partial charge in [-0.1, -0.05) is 30.3 Å². The van der Waals surface area contributed by atoms with Crippen LogP contribution in [-0.2, 0) is 16.1 Å². The van der Waals surface area contributed by atoms with Gasteiger partial charge >= 0.3 is 11.7 Å². The number of hydrogen-bond donors (Lipinski definition) is 0. The summed E-state index contributed by atoms with van der Waals surface area (Å²) >= 11 is 0. The Hall–Kier alpha value is -4.08. The van der Waals surface area contributed by atoms with Gasteiger partial charge in [-0.2, -0.15) is 9.78 Å². The highest BCUT2D eigenvalue weighted by Crippen LogP contribution is 2.19. The number of carbonyl (C=O) groups is 2. The average molecular weight is 480 g/mol. The van der Waals surface area contributed by atoms with Gasteiger partial charge in [-0.05, 0) is 49.6 Å². The molecule has 2 aromatic carbocycles. The maximum Gasteiger partial charge on any atom is 0.352 e. The van der Waals surface area contributed by atoms with E-state index < -0.39 is 40.6 Å². The third-order valence-corrected chi connectivity index (χ3v) is 5.82. The molecule has 1 aliphatic rings. The summed E-state index contributed by atoms with van der Waals surface area (Å²) in [6, 6.07) is 13.9. The fourth-order valence-corrected chi connectivity index (χ4v) is 4.11. The van der Waals surface area contributed by atoms with Crippen LogP contribution >= 0.6 is 0 Å². The number of ether oxygens (including phenoxy) is 1. The predicted molar refractivity (Wildman–Crippen MR) is 125 cm³/mol.